The monoisotopic (exact) mass is 178 g/mol. The van der Waals surface area contributed by atoms with Crippen LogP contribution in [0.2, 0.25) is 0 Å². The summed E-state index contributed by atoms with van der Waals surface area (Å²) in [5, 5.41) is 7.79. The molecule has 0 unspecified atom stereocenters. The van der Waals surface area contributed by atoms with E-state index < -0.39 is 0 Å². The van der Waals surface area contributed by atoms with Crippen molar-refractivity contribution in [2.75, 3.05) is 5.73 Å². The summed E-state index contributed by atoms with van der Waals surface area (Å²) < 4.78 is 6.72. The topological polar surface area (TPSA) is 69.9 Å². The lowest BCUT2D eigenvalue weighted by molar-refractivity contribution is 0.429. The van der Waals surface area contributed by atoms with E-state index in [2.05, 4.69) is 10.3 Å². The van der Waals surface area contributed by atoms with Gasteiger partial charge in [-0.25, -0.2) is 0 Å². The molecule has 2 aromatic rings. The number of nitrogen functional groups attached to an aromatic ring is 1. The van der Waals surface area contributed by atoms with Gasteiger partial charge in [-0.15, -0.1) is 0 Å². The second-order valence-electron chi connectivity index (χ2n) is 2.90. The number of nitrogens with two attached hydrogens (primary N) is 1. The number of aryl methyl sites for hydroxylation is 2. The minimum atomic E-state index is 0.531. The van der Waals surface area contributed by atoms with Crippen molar-refractivity contribution in [3.8, 4) is 11.5 Å². The van der Waals surface area contributed by atoms with Gasteiger partial charge in [-0.3, -0.25) is 4.68 Å². The Hall–Kier alpha value is -1.78. The van der Waals surface area contributed by atoms with Gasteiger partial charge < -0.3 is 10.3 Å². The molecule has 0 aliphatic heterocycles. The lowest BCUT2D eigenvalue weighted by Gasteiger charge is -1.96. The zero-order valence-electron chi connectivity index (χ0n) is 7.48. The zero-order valence-corrected chi connectivity index (χ0v) is 7.48. The maximum Gasteiger partial charge on any atom is 0.207 e. The van der Waals surface area contributed by atoms with Gasteiger partial charge in [0.25, 0.3) is 0 Å². The molecule has 13 heavy (non-hydrogen) atoms. The van der Waals surface area contributed by atoms with Gasteiger partial charge in [-0.2, -0.15) is 5.10 Å². The van der Waals surface area contributed by atoms with Gasteiger partial charge in [0.2, 0.25) is 5.76 Å². The number of hydrogen-bond acceptors (Lipinski definition) is 4. The van der Waals surface area contributed by atoms with Gasteiger partial charge >= 0.3 is 0 Å². The van der Waals surface area contributed by atoms with Gasteiger partial charge in [0, 0.05) is 7.05 Å². The van der Waals surface area contributed by atoms with Crippen LogP contribution < -0.4 is 5.73 Å². The van der Waals surface area contributed by atoms with Crippen molar-refractivity contribution in [2.24, 2.45) is 7.05 Å². The van der Waals surface area contributed by atoms with Crippen molar-refractivity contribution < 1.29 is 4.52 Å². The van der Waals surface area contributed by atoms with Crippen LogP contribution in [0.15, 0.2) is 16.8 Å². The average molecular weight is 178 g/mol. The molecule has 5 nitrogen and oxygen atoms in total. The number of aromatic nitrogens is 3. The SMILES string of the molecule is Cc1cc(-c2oncc2N)n(C)n1. The molecule has 2 heterocycles. The average Bonchev–Trinajstić information content (AvgIpc) is 2.58. The van der Waals surface area contributed by atoms with Gasteiger partial charge in [-0.05, 0) is 13.0 Å². The van der Waals surface area contributed by atoms with E-state index in [0.29, 0.717) is 11.4 Å². The third kappa shape index (κ3) is 1.18. The van der Waals surface area contributed by atoms with Crippen LogP contribution in [0.5, 0.6) is 0 Å². The van der Waals surface area contributed by atoms with Crippen LogP contribution in [0, 0.1) is 6.92 Å². The Balaban J connectivity index is 2.58. The standard InChI is InChI=1S/C8H10N4O/c1-5-3-7(12(2)11-5)8-6(9)4-10-13-8/h3-4H,9H2,1-2H3. The minimum absolute atomic E-state index is 0.531. The first-order valence-electron chi connectivity index (χ1n) is 3.89. The first-order valence-corrected chi connectivity index (χ1v) is 3.89. The van der Waals surface area contributed by atoms with E-state index in [0.717, 1.165) is 11.4 Å². The molecule has 5 heteroatoms. The van der Waals surface area contributed by atoms with E-state index in [1.54, 1.807) is 4.68 Å². The highest BCUT2D eigenvalue weighted by atomic mass is 16.5. The molecular formula is C8H10N4O. The fourth-order valence-electron chi connectivity index (χ4n) is 1.26. The Kier molecular flexibility index (Phi) is 1.58. The molecule has 0 amide bonds. The summed E-state index contributed by atoms with van der Waals surface area (Å²) in [6, 6.07) is 1.90. The molecule has 0 aromatic carbocycles. The van der Waals surface area contributed by atoms with Gasteiger partial charge in [0.1, 0.15) is 11.4 Å². The maximum atomic E-state index is 5.65. The molecule has 0 radical (unpaired) electrons. The molecule has 2 aromatic heterocycles. The van der Waals surface area contributed by atoms with Crippen molar-refractivity contribution in [1.82, 2.24) is 14.9 Å². The first kappa shape index (κ1) is 7.85. The molecular weight excluding hydrogens is 168 g/mol. The van der Waals surface area contributed by atoms with E-state index >= 15 is 0 Å². The van der Waals surface area contributed by atoms with E-state index in [-0.39, 0.29) is 0 Å². The van der Waals surface area contributed by atoms with Crippen molar-refractivity contribution in [3.63, 3.8) is 0 Å². The molecule has 2 rings (SSSR count). The molecule has 0 atom stereocenters. The molecule has 0 aliphatic carbocycles. The molecule has 0 aliphatic rings. The Bertz CT molecular complexity index is 429. The smallest absolute Gasteiger partial charge is 0.207 e. The minimum Gasteiger partial charge on any atom is -0.394 e. The number of rotatable bonds is 1. The lowest BCUT2D eigenvalue weighted by Crippen LogP contribution is -1.94. The van der Waals surface area contributed by atoms with Crippen molar-refractivity contribution >= 4 is 5.69 Å². The van der Waals surface area contributed by atoms with Crippen LogP contribution in [0.1, 0.15) is 5.69 Å². The Morgan fingerprint density at radius 2 is 2.31 bits per heavy atom. The molecule has 2 N–H and O–H groups in total. The summed E-state index contributed by atoms with van der Waals surface area (Å²) in [6.07, 6.45) is 1.48. The van der Waals surface area contributed by atoms with Crippen LogP contribution >= 0.6 is 0 Å². The van der Waals surface area contributed by atoms with Crippen LogP contribution in [-0.2, 0) is 7.05 Å². The second kappa shape index (κ2) is 2.62. The van der Waals surface area contributed by atoms with Crippen molar-refractivity contribution in [3.05, 3.63) is 18.0 Å². The maximum absolute atomic E-state index is 5.65. The summed E-state index contributed by atoms with van der Waals surface area (Å²) >= 11 is 0. The second-order valence-corrected chi connectivity index (χ2v) is 2.90. The van der Waals surface area contributed by atoms with Crippen molar-refractivity contribution in [2.45, 2.75) is 6.92 Å². The molecule has 0 spiro atoms. The zero-order chi connectivity index (χ0) is 9.42. The van der Waals surface area contributed by atoms with Gasteiger partial charge in [0.15, 0.2) is 0 Å². The third-order valence-corrected chi connectivity index (χ3v) is 1.83. The first-order chi connectivity index (χ1) is 6.18. The molecule has 0 saturated carbocycles. The third-order valence-electron chi connectivity index (χ3n) is 1.83. The Labute approximate surface area is 75.1 Å². The number of nitrogens with zero attached hydrogens (tertiary/aromatic N) is 3. The fraction of sp³-hybridized carbons (Fsp3) is 0.250. The highest BCUT2D eigenvalue weighted by molar-refractivity contribution is 5.67. The summed E-state index contributed by atoms with van der Waals surface area (Å²) in [7, 11) is 1.84. The normalized spacial score (nSPS) is 10.6. The van der Waals surface area contributed by atoms with E-state index in [4.69, 9.17) is 10.3 Å². The summed E-state index contributed by atoms with van der Waals surface area (Å²) in [4.78, 5) is 0. The lowest BCUT2D eigenvalue weighted by atomic mass is 10.3. The predicted octanol–water partition coefficient (Wildman–Crippen LogP) is 0.966. The molecule has 68 valence electrons. The summed E-state index contributed by atoms with van der Waals surface area (Å²) in [5.41, 5.74) is 7.95. The van der Waals surface area contributed by atoms with Crippen LogP contribution in [0.25, 0.3) is 11.5 Å². The highest BCUT2D eigenvalue weighted by Crippen LogP contribution is 2.24. The molecule has 0 saturated heterocycles. The summed E-state index contributed by atoms with van der Waals surface area (Å²) in [6.45, 7) is 1.91. The largest absolute Gasteiger partial charge is 0.394 e. The van der Waals surface area contributed by atoms with Gasteiger partial charge in [0.05, 0.1) is 11.9 Å². The Morgan fingerprint density at radius 1 is 1.54 bits per heavy atom. The molecule has 0 fully saturated rings. The fourth-order valence-corrected chi connectivity index (χ4v) is 1.26. The predicted molar refractivity (Wildman–Crippen MR) is 47.9 cm³/mol. The van der Waals surface area contributed by atoms with Gasteiger partial charge in [-0.1, -0.05) is 5.16 Å². The quantitative estimate of drug-likeness (QED) is 0.706. The van der Waals surface area contributed by atoms with E-state index in [1.807, 2.05) is 20.0 Å². The number of hydrogen-bond donors (Lipinski definition) is 1. The van der Waals surface area contributed by atoms with Crippen molar-refractivity contribution in [1.29, 1.82) is 0 Å². The van der Waals surface area contributed by atoms with Crippen LogP contribution in [-0.4, -0.2) is 14.9 Å². The number of anilines is 1. The van der Waals surface area contributed by atoms with E-state index in [9.17, 15) is 0 Å². The van der Waals surface area contributed by atoms with Crippen LogP contribution in [0.4, 0.5) is 5.69 Å². The summed E-state index contributed by atoms with van der Waals surface area (Å²) in [5.74, 6) is 0.572. The molecule has 0 bridgehead atoms. The highest BCUT2D eigenvalue weighted by Gasteiger charge is 2.12. The van der Waals surface area contributed by atoms with E-state index in [1.165, 1.54) is 6.20 Å². The van der Waals surface area contributed by atoms with Crippen LogP contribution in [0.3, 0.4) is 0 Å². The Morgan fingerprint density at radius 3 is 2.77 bits per heavy atom.